The van der Waals surface area contributed by atoms with Gasteiger partial charge in [-0.05, 0) is 48.2 Å². The summed E-state index contributed by atoms with van der Waals surface area (Å²) in [6.07, 6.45) is 1.82. The topological polar surface area (TPSA) is 122 Å². The molecule has 1 aliphatic rings. The first-order valence-electron chi connectivity index (χ1n) is 10.1. The number of hydrogen-bond donors (Lipinski definition) is 2. The molecule has 0 bridgehead atoms. The fraction of sp³-hybridized carbons (Fsp3) is 0.455. The van der Waals surface area contributed by atoms with Gasteiger partial charge in [0.25, 0.3) is 0 Å². The number of methoxy groups -OCH3 is 4. The van der Waals surface area contributed by atoms with Crippen LogP contribution in [0, 0.1) is 0 Å². The van der Waals surface area contributed by atoms with Crippen LogP contribution in [0.4, 0.5) is 0 Å². The number of sulfone groups is 1. The minimum absolute atomic E-state index is 0.0180. The van der Waals surface area contributed by atoms with Crippen molar-refractivity contribution in [2.45, 2.75) is 29.9 Å². The number of benzene rings is 2. The Morgan fingerprint density at radius 2 is 1.36 bits per heavy atom. The summed E-state index contributed by atoms with van der Waals surface area (Å²) in [5, 5.41) is 8.85. The molecule has 2 atom stereocenters. The van der Waals surface area contributed by atoms with E-state index in [4.69, 9.17) is 33.6 Å². The maximum absolute atomic E-state index is 12.4. The monoisotopic (exact) mass is 483 g/mol. The lowest BCUT2D eigenvalue weighted by molar-refractivity contribution is 0.0434. The van der Waals surface area contributed by atoms with Crippen molar-refractivity contribution in [1.82, 2.24) is 5.48 Å². The van der Waals surface area contributed by atoms with Crippen LogP contribution in [0.25, 0.3) is 0 Å². The summed E-state index contributed by atoms with van der Waals surface area (Å²) in [6.45, 7) is -0.304. The van der Waals surface area contributed by atoms with Crippen molar-refractivity contribution in [3.63, 3.8) is 0 Å². The molecule has 2 aromatic rings. The van der Waals surface area contributed by atoms with E-state index in [1.807, 2.05) is 17.6 Å². The van der Waals surface area contributed by atoms with Crippen LogP contribution in [0.1, 0.15) is 36.2 Å². The van der Waals surface area contributed by atoms with E-state index in [1.54, 1.807) is 27.4 Å². The van der Waals surface area contributed by atoms with Gasteiger partial charge in [-0.15, -0.1) is 0 Å². The molecule has 0 aliphatic carbocycles. The molecule has 3 rings (SSSR count). The second kappa shape index (κ2) is 10.5. The summed E-state index contributed by atoms with van der Waals surface area (Å²) < 4.78 is 58.2. The van der Waals surface area contributed by atoms with E-state index in [0.29, 0.717) is 35.7 Å². The summed E-state index contributed by atoms with van der Waals surface area (Å²) in [7, 11) is 2.40. The molecule has 0 unspecified atom stereocenters. The maximum Gasteiger partial charge on any atom is 0.203 e. The van der Waals surface area contributed by atoms with Crippen LogP contribution in [0.5, 0.6) is 28.7 Å². The quantitative estimate of drug-likeness (QED) is 0.385. The van der Waals surface area contributed by atoms with Gasteiger partial charge < -0.3 is 33.6 Å². The molecule has 0 aromatic heterocycles. The molecule has 1 heterocycles. The number of nitrogens with one attached hydrogen (secondary N) is 1. The van der Waals surface area contributed by atoms with Crippen molar-refractivity contribution in [2.75, 3.05) is 41.4 Å². The molecular formula is C22H29NO9S. The molecule has 2 aromatic carbocycles. The van der Waals surface area contributed by atoms with Gasteiger partial charge in [0.05, 0.1) is 40.6 Å². The summed E-state index contributed by atoms with van der Waals surface area (Å²) in [6, 6.07) is 6.89. The largest absolute Gasteiger partial charge is 0.493 e. The Bertz CT molecular complexity index is 1060. The molecule has 2 N–H and O–H groups in total. The zero-order valence-corrected chi connectivity index (χ0v) is 20.0. The number of rotatable bonds is 10. The van der Waals surface area contributed by atoms with E-state index in [-0.39, 0.29) is 35.3 Å². The van der Waals surface area contributed by atoms with Crippen LogP contribution in [-0.4, -0.2) is 55.1 Å². The summed E-state index contributed by atoms with van der Waals surface area (Å²) >= 11 is 0. The van der Waals surface area contributed by atoms with Gasteiger partial charge >= 0.3 is 0 Å². The predicted octanol–water partition coefficient (Wildman–Crippen LogP) is 3.03. The summed E-state index contributed by atoms with van der Waals surface area (Å²) in [5.41, 5.74) is 3.34. The van der Waals surface area contributed by atoms with Crippen molar-refractivity contribution in [1.29, 1.82) is 0 Å². The molecule has 182 valence electrons. The van der Waals surface area contributed by atoms with E-state index in [2.05, 4.69) is 0 Å². The van der Waals surface area contributed by atoms with E-state index < -0.39 is 9.84 Å². The van der Waals surface area contributed by atoms with Crippen LogP contribution in [0.3, 0.4) is 0 Å². The van der Waals surface area contributed by atoms with Gasteiger partial charge in [-0.3, -0.25) is 0 Å². The first-order chi connectivity index (χ1) is 15.8. The molecule has 10 nitrogen and oxygen atoms in total. The lowest BCUT2D eigenvalue weighted by Crippen LogP contribution is -2.17. The molecular weight excluding hydrogens is 454 g/mol. The minimum atomic E-state index is -3.66. The standard InChI is InChI=1S/C22H29NO9S/c1-27-17-8-13(9-18(28-2)21(17)30-4)15-6-7-16(32-15)14-10-19(29-3)22(31-12-23-24)20(11-14)33(5,25)26/h8-11,15-16,23-24H,6-7,12H2,1-5H3/t15-,16-/m1/s1. The van der Waals surface area contributed by atoms with Gasteiger partial charge in [-0.1, -0.05) is 0 Å². The molecule has 1 fully saturated rings. The Hall–Kier alpha value is -2.73. The van der Waals surface area contributed by atoms with E-state index in [0.717, 1.165) is 11.8 Å². The molecule has 0 radical (unpaired) electrons. The Balaban J connectivity index is 1.95. The first-order valence-corrected chi connectivity index (χ1v) is 12.0. The molecule has 0 spiro atoms. The highest BCUT2D eigenvalue weighted by molar-refractivity contribution is 7.90. The Morgan fingerprint density at radius 3 is 1.79 bits per heavy atom. The second-order valence-corrected chi connectivity index (χ2v) is 9.40. The van der Waals surface area contributed by atoms with Crippen LogP contribution in [0.2, 0.25) is 0 Å². The van der Waals surface area contributed by atoms with Gasteiger partial charge in [-0.2, -0.15) is 5.48 Å². The smallest absolute Gasteiger partial charge is 0.203 e. The van der Waals surface area contributed by atoms with Crippen molar-refractivity contribution in [3.05, 3.63) is 35.4 Å². The second-order valence-electron chi connectivity index (χ2n) is 7.42. The van der Waals surface area contributed by atoms with Gasteiger partial charge in [-0.25, -0.2) is 8.42 Å². The number of hydroxylamine groups is 1. The number of hydrogen-bond acceptors (Lipinski definition) is 10. The van der Waals surface area contributed by atoms with Crippen molar-refractivity contribution >= 4 is 9.84 Å². The first kappa shape index (κ1) is 24.9. The summed E-state index contributed by atoms with van der Waals surface area (Å²) in [4.78, 5) is -0.0491. The third-order valence-corrected chi connectivity index (χ3v) is 6.50. The average Bonchev–Trinajstić information content (AvgIpc) is 3.30. The normalized spacial score (nSPS) is 18.1. The fourth-order valence-electron chi connectivity index (χ4n) is 3.87. The van der Waals surface area contributed by atoms with Crippen molar-refractivity contribution < 1.29 is 42.0 Å². The predicted molar refractivity (Wildman–Crippen MR) is 118 cm³/mol. The van der Waals surface area contributed by atoms with E-state index >= 15 is 0 Å². The van der Waals surface area contributed by atoms with Crippen LogP contribution >= 0.6 is 0 Å². The van der Waals surface area contributed by atoms with Crippen LogP contribution in [-0.2, 0) is 14.6 Å². The van der Waals surface area contributed by atoms with Crippen LogP contribution in [0.15, 0.2) is 29.2 Å². The highest BCUT2D eigenvalue weighted by Crippen LogP contribution is 2.47. The zero-order chi connectivity index (χ0) is 24.2. The molecule has 11 heteroatoms. The fourth-order valence-corrected chi connectivity index (χ4v) is 4.72. The Labute approximate surface area is 193 Å². The highest BCUT2D eigenvalue weighted by atomic mass is 32.2. The van der Waals surface area contributed by atoms with Crippen molar-refractivity contribution in [3.8, 4) is 28.7 Å². The van der Waals surface area contributed by atoms with Crippen LogP contribution < -0.4 is 29.2 Å². The van der Waals surface area contributed by atoms with E-state index in [9.17, 15) is 8.42 Å². The lowest BCUT2D eigenvalue weighted by atomic mass is 10.0. The molecule has 0 amide bonds. The highest BCUT2D eigenvalue weighted by Gasteiger charge is 2.32. The molecule has 33 heavy (non-hydrogen) atoms. The molecule has 0 saturated carbocycles. The maximum atomic E-state index is 12.4. The number of ether oxygens (including phenoxy) is 6. The zero-order valence-electron chi connectivity index (χ0n) is 19.2. The summed E-state index contributed by atoms with van der Waals surface area (Å²) in [5.74, 6) is 1.79. The molecule has 1 saturated heterocycles. The Morgan fingerprint density at radius 1 is 0.879 bits per heavy atom. The van der Waals surface area contributed by atoms with Gasteiger partial charge in [0.1, 0.15) is 4.90 Å². The molecule has 1 aliphatic heterocycles. The lowest BCUT2D eigenvalue weighted by Gasteiger charge is -2.20. The Kier molecular flexibility index (Phi) is 7.90. The van der Waals surface area contributed by atoms with Gasteiger partial charge in [0, 0.05) is 6.26 Å². The minimum Gasteiger partial charge on any atom is -0.493 e. The van der Waals surface area contributed by atoms with Crippen molar-refractivity contribution in [2.24, 2.45) is 0 Å². The van der Waals surface area contributed by atoms with E-state index in [1.165, 1.54) is 13.2 Å². The van der Waals surface area contributed by atoms with Gasteiger partial charge in [0.15, 0.2) is 39.6 Å². The van der Waals surface area contributed by atoms with Gasteiger partial charge in [0.2, 0.25) is 5.75 Å². The third kappa shape index (κ3) is 5.27. The third-order valence-electron chi connectivity index (χ3n) is 5.39. The average molecular weight is 484 g/mol. The SMILES string of the molecule is COc1cc([C@H]2CC[C@H](c3cc(OC)c(OCNO)c(S(C)(=O)=O)c3)O2)cc(OC)c1OC.